The molecular formula is C15H17N5O. The molecule has 6 heteroatoms. The highest BCUT2D eigenvalue weighted by atomic mass is 16.2. The average molecular weight is 283 g/mol. The molecule has 2 aromatic carbocycles. The zero-order chi connectivity index (χ0) is 14.7. The van der Waals surface area contributed by atoms with Gasteiger partial charge in [0.05, 0.1) is 12.3 Å². The topological polar surface area (TPSA) is 77.5 Å². The summed E-state index contributed by atoms with van der Waals surface area (Å²) in [6.07, 6.45) is 1.51. The van der Waals surface area contributed by atoms with Crippen molar-refractivity contribution in [2.75, 3.05) is 0 Å². The molecule has 0 radical (unpaired) electrons. The molecule has 1 fully saturated rings. The average Bonchev–Trinajstić information content (AvgIpc) is 2.51. The second kappa shape index (κ2) is 5.80. The quantitative estimate of drug-likeness (QED) is 0.506. The molecule has 0 bridgehead atoms. The molecule has 1 aliphatic rings. The molecule has 21 heavy (non-hydrogen) atoms. The minimum Gasteiger partial charge on any atom is -0.314 e. The van der Waals surface area contributed by atoms with Gasteiger partial charge >= 0.3 is 6.03 Å². The van der Waals surface area contributed by atoms with Crippen molar-refractivity contribution in [2.45, 2.75) is 19.1 Å². The number of nitrogens with zero attached hydrogens (tertiary/aromatic N) is 1. The Morgan fingerprint density at radius 3 is 2.90 bits per heavy atom. The number of hydrazone groups is 1. The van der Waals surface area contributed by atoms with E-state index in [1.54, 1.807) is 6.21 Å². The molecule has 0 aromatic heterocycles. The van der Waals surface area contributed by atoms with Gasteiger partial charge in [-0.25, -0.2) is 10.2 Å². The van der Waals surface area contributed by atoms with Crippen LogP contribution in [0.15, 0.2) is 47.6 Å². The van der Waals surface area contributed by atoms with Crippen molar-refractivity contribution in [1.82, 2.24) is 21.6 Å². The molecule has 1 aliphatic heterocycles. The van der Waals surface area contributed by atoms with Crippen LogP contribution in [-0.2, 0) is 0 Å². The van der Waals surface area contributed by atoms with Gasteiger partial charge in [-0.1, -0.05) is 42.5 Å². The summed E-state index contributed by atoms with van der Waals surface area (Å²) in [6, 6.07) is 14.0. The SMILES string of the molecule is CC1NNC(=O)NC1N/N=C/c1cccc2ccccc12. The fourth-order valence-corrected chi connectivity index (χ4v) is 2.26. The fourth-order valence-electron chi connectivity index (χ4n) is 2.26. The Kier molecular flexibility index (Phi) is 3.70. The third-order valence-corrected chi connectivity index (χ3v) is 3.44. The molecule has 1 heterocycles. The molecular weight excluding hydrogens is 266 g/mol. The number of rotatable bonds is 3. The number of benzene rings is 2. The van der Waals surface area contributed by atoms with E-state index in [9.17, 15) is 4.79 Å². The summed E-state index contributed by atoms with van der Waals surface area (Å²) in [7, 11) is 0. The molecule has 2 atom stereocenters. The third kappa shape index (κ3) is 2.95. The van der Waals surface area contributed by atoms with Gasteiger partial charge < -0.3 is 5.32 Å². The lowest BCUT2D eigenvalue weighted by Crippen LogP contribution is -2.67. The molecule has 2 aromatic rings. The molecule has 4 N–H and O–H groups in total. The molecule has 0 aliphatic carbocycles. The van der Waals surface area contributed by atoms with E-state index in [0.29, 0.717) is 0 Å². The second-order valence-corrected chi connectivity index (χ2v) is 4.96. The first-order chi connectivity index (χ1) is 10.2. The third-order valence-electron chi connectivity index (χ3n) is 3.44. The zero-order valence-electron chi connectivity index (χ0n) is 11.6. The second-order valence-electron chi connectivity index (χ2n) is 4.96. The maximum atomic E-state index is 11.3. The van der Waals surface area contributed by atoms with Gasteiger partial charge in [0.25, 0.3) is 0 Å². The maximum absolute atomic E-state index is 11.3. The van der Waals surface area contributed by atoms with Crippen LogP contribution >= 0.6 is 0 Å². The van der Waals surface area contributed by atoms with Crippen molar-refractivity contribution in [3.05, 3.63) is 48.0 Å². The van der Waals surface area contributed by atoms with E-state index in [1.165, 1.54) is 5.39 Å². The summed E-state index contributed by atoms with van der Waals surface area (Å²) in [5, 5.41) is 9.31. The van der Waals surface area contributed by atoms with Crippen LogP contribution in [0.5, 0.6) is 0 Å². The summed E-state index contributed by atoms with van der Waals surface area (Å²) in [5.41, 5.74) is 9.34. The lowest BCUT2D eigenvalue weighted by molar-refractivity contribution is 0.202. The van der Waals surface area contributed by atoms with Crippen molar-refractivity contribution in [2.24, 2.45) is 5.10 Å². The predicted molar refractivity (Wildman–Crippen MR) is 82.7 cm³/mol. The Bertz CT molecular complexity index is 679. The van der Waals surface area contributed by atoms with Gasteiger partial charge in [0.15, 0.2) is 0 Å². The van der Waals surface area contributed by atoms with Crippen LogP contribution in [0.1, 0.15) is 12.5 Å². The number of amides is 2. The van der Waals surface area contributed by atoms with E-state index >= 15 is 0 Å². The van der Waals surface area contributed by atoms with Crippen LogP contribution in [0.4, 0.5) is 4.79 Å². The summed E-state index contributed by atoms with van der Waals surface area (Å²) in [4.78, 5) is 11.3. The molecule has 6 nitrogen and oxygen atoms in total. The minimum absolute atomic E-state index is 0.0207. The van der Waals surface area contributed by atoms with E-state index < -0.39 is 0 Å². The molecule has 0 spiro atoms. The predicted octanol–water partition coefficient (Wildman–Crippen LogP) is 1.30. The highest BCUT2D eigenvalue weighted by Crippen LogP contribution is 2.16. The number of hydrogen-bond acceptors (Lipinski definition) is 4. The molecule has 3 rings (SSSR count). The summed E-state index contributed by atoms with van der Waals surface area (Å²) in [6.45, 7) is 1.94. The van der Waals surface area contributed by atoms with Gasteiger partial charge in [0, 0.05) is 5.56 Å². The van der Waals surface area contributed by atoms with Crippen LogP contribution in [0.25, 0.3) is 10.8 Å². The van der Waals surface area contributed by atoms with Crippen molar-refractivity contribution in [3.63, 3.8) is 0 Å². The van der Waals surface area contributed by atoms with Crippen LogP contribution in [-0.4, -0.2) is 24.5 Å². The van der Waals surface area contributed by atoms with Crippen molar-refractivity contribution >= 4 is 23.0 Å². The lowest BCUT2D eigenvalue weighted by atomic mass is 10.1. The van der Waals surface area contributed by atoms with E-state index in [2.05, 4.69) is 44.9 Å². The normalized spacial score (nSPS) is 22.0. The minimum atomic E-state index is -0.272. The smallest absolute Gasteiger partial charge is 0.314 e. The van der Waals surface area contributed by atoms with Crippen LogP contribution in [0, 0.1) is 0 Å². The van der Waals surface area contributed by atoms with E-state index in [1.807, 2.05) is 31.2 Å². The van der Waals surface area contributed by atoms with Gasteiger partial charge in [-0.05, 0) is 17.7 Å². The summed E-state index contributed by atoms with van der Waals surface area (Å²) in [5.74, 6) is 0. The highest BCUT2D eigenvalue weighted by Gasteiger charge is 2.23. The Hall–Kier alpha value is -2.60. The van der Waals surface area contributed by atoms with Crippen molar-refractivity contribution in [1.29, 1.82) is 0 Å². The maximum Gasteiger partial charge on any atom is 0.330 e. The van der Waals surface area contributed by atoms with Gasteiger partial charge in [-0.3, -0.25) is 10.9 Å². The van der Waals surface area contributed by atoms with E-state index in [4.69, 9.17) is 0 Å². The first-order valence-electron chi connectivity index (χ1n) is 6.82. The van der Waals surface area contributed by atoms with Crippen LogP contribution < -0.4 is 21.6 Å². The molecule has 0 saturated carbocycles. The Labute approximate surface area is 122 Å². The van der Waals surface area contributed by atoms with Gasteiger partial charge in [-0.2, -0.15) is 5.10 Å². The van der Waals surface area contributed by atoms with Crippen molar-refractivity contribution < 1.29 is 4.79 Å². The van der Waals surface area contributed by atoms with Gasteiger partial charge in [0.2, 0.25) is 0 Å². The van der Waals surface area contributed by atoms with Crippen LogP contribution in [0.3, 0.4) is 0 Å². The standard InChI is InChI=1S/C15H17N5O/c1-10-14(17-15(21)20-18-10)19-16-9-12-7-4-6-11-5-2-3-8-13(11)12/h2-10,14,18-19H,1H3,(H2,17,20,21)/b16-9+. The molecule has 2 unspecified atom stereocenters. The van der Waals surface area contributed by atoms with Crippen molar-refractivity contribution in [3.8, 4) is 0 Å². The van der Waals surface area contributed by atoms with Gasteiger partial charge in [0.1, 0.15) is 6.17 Å². The molecule has 2 amide bonds. The number of carbonyl (C=O) groups is 1. The number of nitrogens with one attached hydrogen (secondary N) is 4. The summed E-state index contributed by atoms with van der Waals surface area (Å²) < 4.78 is 0. The Morgan fingerprint density at radius 2 is 2.00 bits per heavy atom. The number of hydrogen-bond donors (Lipinski definition) is 4. The number of urea groups is 1. The van der Waals surface area contributed by atoms with E-state index in [-0.39, 0.29) is 18.2 Å². The number of fused-ring (bicyclic) bond motifs is 1. The lowest BCUT2D eigenvalue weighted by Gasteiger charge is -2.30. The fraction of sp³-hybridized carbons (Fsp3) is 0.200. The first-order valence-corrected chi connectivity index (χ1v) is 6.82. The Balaban J connectivity index is 1.74. The van der Waals surface area contributed by atoms with Crippen LogP contribution in [0.2, 0.25) is 0 Å². The highest BCUT2D eigenvalue weighted by molar-refractivity contribution is 5.99. The van der Waals surface area contributed by atoms with Gasteiger partial charge in [-0.15, -0.1) is 0 Å². The number of carbonyl (C=O) groups excluding carboxylic acids is 1. The number of hydrazine groups is 1. The summed E-state index contributed by atoms with van der Waals surface area (Å²) >= 11 is 0. The van der Waals surface area contributed by atoms with E-state index in [0.717, 1.165) is 10.9 Å². The molecule has 1 saturated heterocycles. The Morgan fingerprint density at radius 1 is 1.19 bits per heavy atom. The first kappa shape index (κ1) is 13.4. The largest absolute Gasteiger partial charge is 0.330 e. The zero-order valence-corrected chi connectivity index (χ0v) is 11.6. The monoisotopic (exact) mass is 283 g/mol. The molecule has 108 valence electrons.